The van der Waals surface area contributed by atoms with Gasteiger partial charge in [-0.05, 0) is 38.4 Å². The Balaban J connectivity index is 2.23. The molecule has 0 bridgehead atoms. The molecule has 1 nitrogen and oxygen atoms in total. The second-order valence-electron chi connectivity index (χ2n) is 4.05. The summed E-state index contributed by atoms with van der Waals surface area (Å²) in [5, 5.41) is 3.52. The van der Waals surface area contributed by atoms with Crippen LogP contribution in [0.2, 0.25) is 5.02 Å². The number of nitrogens with one attached hydrogen (secondary N) is 1. The minimum atomic E-state index is -0.311. The van der Waals surface area contributed by atoms with Crippen LogP contribution in [-0.2, 0) is 0 Å². The van der Waals surface area contributed by atoms with Gasteiger partial charge in [0.2, 0.25) is 0 Å². The highest BCUT2D eigenvalue weighted by atomic mass is 35.5. The van der Waals surface area contributed by atoms with E-state index in [4.69, 9.17) is 11.6 Å². The van der Waals surface area contributed by atoms with Gasteiger partial charge in [-0.2, -0.15) is 0 Å². The third kappa shape index (κ3) is 2.83. The van der Waals surface area contributed by atoms with Gasteiger partial charge in [-0.25, -0.2) is 4.39 Å². The summed E-state index contributed by atoms with van der Waals surface area (Å²) in [6, 6.07) is 5.13. The molecule has 1 heterocycles. The summed E-state index contributed by atoms with van der Waals surface area (Å²) >= 11 is 5.75. The number of hydrogen-bond acceptors (Lipinski definition) is 1. The molecule has 2 rings (SSSR count). The fourth-order valence-electron chi connectivity index (χ4n) is 1.94. The van der Waals surface area contributed by atoms with E-state index in [1.54, 1.807) is 18.2 Å². The molecule has 0 amide bonds. The molecule has 0 unspecified atom stereocenters. The number of benzene rings is 1. The summed E-state index contributed by atoms with van der Waals surface area (Å²) in [7, 11) is 0. The van der Waals surface area contributed by atoms with Crippen molar-refractivity contribution in [1.82, 2.24) is 5.32 Å². The van der Waals surface area contributed by atoms with Crippen LogP contribution in [0.25, 0.3) is 6.08 Å². The zero-order valence-electron chi connectivity index (χ0n) is 9.10. The maximum atomic E-state index is 13.7. The molecular weight excluding hydrogens is 225 g/mol. The monoisotopic (exact) mass is 239 g/mol. The zero-order chi connectivity index (χ0) is 11.4. The van der Waals surface area contributed by atoms with Crippen LogP contribution in [0, 0.1) is 5.82 Å². The fourth-order valence-corrected chi connectivity index (χ4v) is 2.12. The predicted molar refractivity (Wildman–Crippen MR) is 66.1 cm³/mol. The van der Waals surface area contributed by atoms with Crippen LogP contribution in [0.4, 0.5) is 4.39 Å². The number of halogens is 2. The topological polar surface area (TPSA) is 12.0 Å². The molecule has 3 heteroatoms. The molecule has 1 aliphatic heterocycles. The van der Waals surface area contributed by atoms with E-state index < -0.39 is 0 Å². The molecule has 0 radical (unpaired) electrons. The van der Waals surface area contributed by atoms with Gasteiger partial charge in [-0.3, -0.25) is 0 Å². The summed E-state index contributed by atoms with van der Waals surface area (Å²) < 4.78 is 13.7. The summed E-state index contributed by atoms with van der Waals surface area (Å²) in [6.45, 7) is 2.03. The molecule has 0 aromatic heterocycles. The molecular formula is C13H15ClFN. The van der Waals surface area contributed by atoms with Gasteiger partial charge in [-0.15, -0.1) is 0 Å². The third-order valence-electron chi connectivity index (χ3n) is 2.82. The first-order valence-electron chi connectivity index (χ1n) is 5.61. The van der Waals surface area contributed by atoms with Crippen LogP contribution < -0.4 is 5.32 Å². The Bertz CT molecular complexity index is 391. The predicted octanol–water partition coefficient (Wildman–Crippen LogP) is 3.64. The third-order valence-corrected chi connectivity index (χ3v) is 3.11. The largest absolute Gasteiger partial charge is 0.316 e. The van der Waals surface area contributed by atoms with Crippen molar-refractivity contribution in [2.45, 2.75) is 19.3 Å². The van der Waals surface area contributed by atoms with Crippen molar-refractivity contribution in [1.29, 1.82) is 0 Å². The van der Waals surface area contributed by atoms with Crippen LogP contribution in [0.3, 0.4) is 0 Å². The fraction of sp³-hybridized carbons (Fsp3) is 0.385. The van der Waals surface area contributed by atoms with Crippen molar-refractivity contribution in [2.24, 2.45) is 0 Å². The molecule has 1 aromatic carbocycles. The Morgan fingerprint density at radius 3 is 3.00 bits per heavy atom. The van der Waals surface area contributed by atoms with Crippen LogP contribution in [0.5, 0.6) is 0 Å². The van der Waals surface area contributed by atoms with Crippen molar-refractivity contribution in [3.05, 3.63) is 40.2 Å². The number of hydrogen-bond donors (Lipinski definition) is 1. The molecule has 1 N–H and O–H groups in total. The van der Waals surface area contributed by atoms with E-state index in [9.17, 15) is 4.39 Å². The normalized spacial score (nSPS) is 19.8. The smallest absolute Gasteiger partial charge is 0.148 e. The maximum absolute atomic E-state index is 13.7. The molecule has 1 fully saturated rings. The lowest BCUT2D eigenvalue weighted by Crippen LogP contribution is -2.13. The van der Waals surface area contributed by atoms with E-state index in [0.717, 1.165) is 32.4 Å². The van der Waals surface area contributed by atoms with Crippen molar-refractivity contribution < 1.29 is 4.39 Å². The summed E-state index contributed by atoms with van der Waals surface area (Å²) in [4.78, 5) is 0. The quantitative estimate of drug-likeness (QED) is 0.789. The zero-order valence-corrected chi connectivity index (χ0v) is 9.86. The Kier molecular flexibility index (Phi) is 3.97. The van der Waals surface area contributed by atoms with E-state index in [2.05, 4.69) is 5.32 Å². The van der Waals surface area contributed by atoms with E-state index in [0.29, 0.717) is 5.56 Å². The Morgan fingerprint density at radius 2 is 2.12 bits per heavy atom. The lowest BCUT2D eigenvalue weighted by Gasteiger charge is -2.04. The van der Waals surface area contributed by atoms with Crippen LogP contribution in [0.1, 0.15) is 24.8 Å². The van der Waals surface area contributed by atoms with Crippen molar-refractivity contribution >= 4 is 17.7 Å². The minimum absolute atomic E-state index is 0.195. The van der Waals surface area contributed by atoms with Gasteiger partial charge in [0.15, 0.2) is 0 Å². The molecule has 0 atom stereocenters. The highest BCUT2D eigenvalue weighted by Gasteiger charge is 2.07. The van der Waals surface area contributed by atoms with Crippen molar-refractivity contribution in [3.8, 4) is 0 Å². The SMILES string of the molecule is Fc1c(Cl)cccc1/C=C1/CCCNCC1. The highest BCUT2D eigenvalue weighted by Crippen LogP contribution is 2.22. The second kappa shape index (κ2) is 5.46. The van der Waals surface area contributed by atoms with Gasteiger partial charge in [0, 0.05) is 5.56 Å². The van der Waals surface area contributed by atoms with Crippen LogP contribution in [-0.4, -0.2) is 13.1 Å². The van der Waals surface area contributed by atoms with E-state index in [1.807, 2.05) is 6.08 Å². The Labute approximate surface area is 100 Å². The van der Waals surface area contributed by atoms with Gasteiger partial charge in [0.1, 0.15) is 5.82 Å². The Morgan fingerprint density at radius 1 is 1.25 bits per heavy atom. The average Bonchev–Trinajstić information content (AvgIpc) is 2.53. The molecule has 0 aliphatic carbocycles. The molecule has 1 aliphatic rings. The van der Waals surface area contributed by atoms with Gasteiger partial charge < -0.3 is 5.32 Å². The molecule has 0 spiro atoms. The molecule has 86 valence electrons. The lowest BCUT2D eigenvalue weighted by molar-refractivity contribution is 0.625. The van der Waals surface area contributed by atoms with E-state index in [-0.39, 0.29) is 10.8 Å². The van der Waals surface area contributed by atoms with Gasteiger partial charge >= 0.3 is 0 Å². The second-order valence-corrected chi connectivity index (χ2v) is 4.46. The molecule has 0 saturated carbocycles. The summed E-state index contributed by atoms with van der Waals surface area (Å²) in [6.07, 6.45) is 5.09. The summed E-state index contributed by atoms with van der Waals surface area (Å²) in [5.74, 6) is -0.311. The highest BCUT2D eigenvalue weighted by molar-refractivity contribution is 6.30. The van der Waals surface area contributed by atoms with Crippen LogP contribution >= 0.6 is 11.6 Å². The van der Waals surface area contributed by atoms with E-state index >= 15 is 0 Å². The Hall–Kier alpha value is -0.860. The van der Waals surface area contributed by atoms with Gasteiger partial charge in [0.05, 0.1) is 5.02 Å². The molecule has 1 saturated heterocycles. The van der Waals surface area contributed by atoms with Gasteiger partial charge in [-0.1, -0.05) is 35.4 Å². The van der Waals surface area contributed by atoms with E-state index in [1.165, 1.54) is 5.57 Å². The standard InChI is InChI=1S/C13H15ClFN/c14-12-5-1-4-11(13(12)15)9-10-3-2-7-16-8-6-10/h1,4-5,9,16H,2-3,6-8H2/b10-9-. The van der Waals surface area contributed by atoms with Crippen LogP contribution in [0.15, 0.2) is 23.8 Å². The molecule has 16 heavy (non-hydrogen) atoms. The van der Waals surface area contributed by atoms with Gasteiger partial charge in [0.25, 0.3) is 0 Å². The first kappa shape index (κ1) is 11.6. The average molecular weight is 240 g/mol. The lowest BCUT2D eigenvalue weighted by atomic mass is 10.0. The summed E-state index contributed by atoms with van der Waals surface area (Å²) in [5.41, 5.74) is 1.90. The van der Waals surface area contributed by atoms with Crippen molar-refractivity contribution in [2.75, 3.05) is 13.1 Å². The first-order valence-corrected chi connectivity index (χ1v) is 5.99. The minimum Gasteiger partial charge on any atom is -0.316 e. The first-order chi connectivity index (χ1) is 7.77. The number of rotatable bonds is 1. The molecule has 1 aromatic rings. The maximum Gasteiger partial charge on any atom is 0.148 e. The van der Waals surface area contributed by atoms with Crippen molar-refractivity contribution in [3.63, 3.8) is 0 Å².